The molecule has 2 aromatic heterocycles. The minimum absolute atomic E-state index is 0.325. The monoisotopic (exact) mass is 432 g/mol. The highest BCUT2D eigenvalue weighted by molar-refractivity contribution is 5.82. The molecule has 0 saturated carbocycles. The molecule has 1 aliphatic rings. The second-order valence-corrected chi connectivity index (χ2v) is 7.89. The van der Waals surface area contributed by atoms with Crippen LogP contribution in [0.25, 0.3) is 10.9 Å². The number of furan rings is 1. The number of aryl methyl sites for hydroxylation is 2. The van der Waals surface area contributed by atoms with Gasteiger partial charge >= 0.3 is 6.18 Å². The fourth-order valence-electron chi connectivity index (χ4n) is 3.89. The molecule has 1 saturated heterocycles. The van der Waals surface area contributed by atoms with Crippen LogP contribution in [0, 0.1) is 19.8 Å². The zero-order valence-corrected chi connectivity index (χ0v) is 17.2. The first-order valence-electron chi connectivity index (χ1n) is 10.1. The molecule has 1 unspecified atom stereocenters. The van der Waals surface area contributed by atoms with Gasteiger partial charge in [-0.25, -0.2) is 9.97 Å². The van der Waals surface area contributed by atoms with E-state index in [4.69, 9.17) is 4.42 Å². The van der Waals surface area contributed by atoms with Crippen LogP contribution in [-0.2, 0) is 4.79 Å². The first-order valence-corrected chi connectivity index (χ1v) is 10.1. The number of fused-ring (bicyclic) bond motifs is 1. The van der Waals surface area contributed by atoms with Gasteiger partial charge in [0.25, 0.3) is 0 Å². The quantitative estimate of drug-likeness (QED) is 0.659. The molecule has 0 spiro atoms. The van der Waals surface area contributed by atoms with E-state index < -0.39 is 24.0 Å². The summed E-state index contributed by atoms with van der Waals surface area (Å²) >= 11 is 0. The average Bonchev–Trinajstić information content (AvgIpc) is 3.26. The molecule has 6 nitrogen and oxygen atoms in total. The lowest BCUT2D eigenvalue weighted by Crippen LogP contribution is -2.45. The number of rotatable bonds is 4. The summed E-state index contributed by atoms with van der Waals surface area (Å²) in [5, 5.41) is 3.11. The number of carbonyl (C=O) groups excluding carboxylic acids is 1. The summed E-state index contributed by atoms with van der Waals surface area (Å²) < 4.78 is 45.0. The zero-order valence-electron chi connectivity index (χ0n) is 17.2. The lowest BCUT2D eigenvalue weighted by molar-refractivity contribution is -0.168. The first kappa shape index (κ1) is 21.1. The third kappa shape index (κ3) is 4.50. The predicted molar refractivity (Wildman–Crippen MR) is 110 cm³/mol. The Labute approximate surface area is 177 Å². The van der Waals surface area contributed by atoms with Gasteiger partial charge in [0.1, 0.15) is 5.76 Å². The minimum atomic E-state index is -4.64. The van der Waals surface area contributed by atoms with Crippen molar-refractivity contribution in [1.82, 2.24) is 15.3 Å². The van der Waals surface area contributed by atoms with Crippen LogP contribution < -0.4 is 10.2 Å². The number of carbonyl (C=O) groups is 1. The highest BCUT2D eigenvalue weighted by Crippen LogP contribution is 2.34. The Morgan fingerprint density at radius 3 is 2.58 bits per heavy atom. The normalized spacial score (nSPS) is 16.5. The van der Waals surface area contributed by atoms with Crippen molar-refractivity contribution in [2.24, 2.45) is 5.92 Å². The number of halogens is 3. The van der Waals surface area contributed by atoms with Crippen LogP contribution in [0.3, 0.4) is 0 Å². The molecular weight excluding hydrogens is 409 g/mol. The van der Waals surface area contributed by atoms with Crippen LogP contribution in [-0.4, -0.2) is 35.1 Å². The average molecular weight is 432 g/mol. The van der Waals surface area contributed by atoms with Crippen LogP contribution in [0.5, 0.6) is 0 Å². The van der Waals surface area contributed by atoms with E-state index in [1.165, 1.54) is 12.1 Å². The SMILES string of the molecule is Cc1ccc2nc(N3CCC(C(=O)NC(c4ccco4)C(F)(F)F)CC3)nc(C)c2c1. The van der Waals surface area contributed by atoms with Crippen LogP contribution in [0.4, 0.5) is 19.1 Å². The molecular formula is C22H23F3N4O2. The van der Waals surface area contributed by atoms with Crippen LogP contribution >= 0.6 is 0 Å². The van der Waals surface area contributed by atoms with E-state index in [1.807, 2.05) is 36.9 Å². The summed E-state index contributed by atoms with van der Waals surface area (Å²) in [6.07, 6.45) is -2.64. The van der Waals surface area contributed by atoms with E-state index in [1.54, 1.807) is 0 Å². The van der Waals surface area contributed by atoms with E-state index in [-0.39, 0.29) is 5.76 Å². The van der Waals surface area contributed by atoms with Gasteiger partial charge in [0.05, 0.1) is 17.5 Å². The van der Waals surface area contributed by atoms with Crippen molar-refractivity contribution in [2.45, 2.75) is 38.9 Å². The third-order valence-corrected chi connectivity index (χ3v) is 5.62. The van der Waals surface area contributed by atoms with Gasteiger partial charge in [-0.2, -0.15) is 13.2 Å². The van der Waals surface area contributed by atoms with E-state index in [0.717, 1.165) is 28.4 Å². The lowest BCUT2D eigenvalue weighted by atomic mass is 9.95. The molecule has 3 aromatic rings. The van der Waals surface area contributed by atoms with Crippen molar-refractivity contribution < 1.29 is 22.4 Å². The maximum Gasteiger partial charge on any atom is 0.415 e. The molecule has 1 atom stereocenters. The number of nitrogens with one attached hydrogen (secondary N) is 1. The van der Waals surface area contributed by atoms with Crippen molar-refractivity contribution in [1.29, 1.82) is 0 Å². The summed E-state index contributed by atoms with van der Waals surface area (Å²) in [5.41, 5.74) is 2.85. The molecule has 1 N–H and O–H groups in total. The number of nitrogens with zero attached hydrogens (tertiary/aromatic N) is 3. The van der Waals surface area contributed by atoms with Crippen molar-refractivity contribution in [3.8, 4) is 0 Å². The number of piperidine rings is 1. The first-order chi connectivity index (χ1) is 14.7. The lowest BCUT2D eigenvalue weighted by Gasteiger charge is -2.32. The predicted octanol–water partition coefficient (Wildman–Crippen LogP) is 4.48. The van der Waals surface area contributed by atoms with Crippen LogP contribution in [0.2, 0.25) is 0 Å². The Bertz CT molecular complexity index is 1070. The summed E-state index contributed by atoms with van der Waals surface area (Å²) in [7, 11) is 0. The van der Waals surface area contributed by atoms with Crippen molar-refractivity contribution in [2.75, 3.05) is 18.0 Å². The Hall–Kier alpha value is -3.10. The molecule has 0 radical (unpaired) electrons. The van der Waals surface area contributed by atoms with Gasteiger partial charge in [-0.15, -0.1) is 0 Å². The Kier molecular flexibility index (Phi) is 5.60. The van der Waals surface area contributed by atoms with Crippen LogP contribution in [0.15, 0.2) is 41.0 Å². The minimum Gasteiger partial charge on any atom is -0.467 e. The molecule has 31 heavy (non-hydrogen) atoms. The summed E-state index contributed by atoms with van der Waals surface area (Å²) in [6, 6.07) is 6.41. The molecule has 9 heteroatoms. The topological polar surface area (TPSA) is 71.3 Å². The van der Waals surface area contributed by atoms with E-state index in [9.17, 15) is 18.0 Å². The van der Waals surface area contributed by atoms with Crippen molar-refractivity contribution >= 4 is 22.8 Å². The molecule has 1 fully saturated rings. The van der Waals surface area contributed by atoms with E-state index >= 15 is 0 Å². The number of alkyl halides is 3. The van der Waals surface area contributed by atoms with Crippen LogP contribution in [0.1, 0.15) is 35.9 Å². The van der Waals surface area contributed by atoms with E-state index in [2.05, 4.69) is 15.3 Å². The number of anilines is 1. The number of hydrogen-bond donors (Lipinski definition) is 1. The fourth-order valence-corrected chi connectivity index (χ4v) is 3.89. The van der Waals surface area contributed by atoms with Gasteiger partial charge in [-0.1, -0.05) is 11.6 Å². The molecule has 0 bridgehead atoms. The molecule has 3 heterocycles. The number of hydrogen-bond acceptors (Lipinski definition) is 5. The molecule has 1 amide bonds. The maximum absolute atomic E-state index is 13.4. The standard InChI is InChI=1S/C22H23F3N4O2/c1-13-5-6-17-16(12-13)14(2)26-21(27-17)29-9-7-15(8-10-29)20(30)28-19(22(23,24)25)18-4-3-11-31-18/h3-6,11-12,15,19H,7-10H2,1-2H3,(H,28,30). The number of amides is 1. The maximum atomic E-state index is 13.4. The van der Waals surface area contributed by atoms with E-state index in [0.29, 0.717) is 31.9 Å². The largest absolute Gasteiger partial charge is 0.467 e. The molecule has 1 aliphatic heterocycles. The van der Waals surface area contributed by atoms with Gasteiger partial charge in [0, 0.05) is 24.4 Å². The molecule has 1 aromatic carbocycles. The van der Waals surface area contributed by atoms with Crippen molar-refractivity contribution in [3.63, 3.8) is 0 Å². The number of aromatic nitrogens is 2. The van der Waals surface area contributed by atoms with Gasteiger partial charge < -0.3 is 14.6 Å². The van der Waals surface area contributed by atoms with Gasteiger partial charge in [0.15, 0.2) is 6.04 Å². The summed E-state index contributed by atoms with van der Waals surface area (Å²) in [6.45, 7) is 4.93. The van der Waals surface area contributed by atoms with Crippen molar-refractivity contribution in [3.05, 3.63) is 53.6 Å². The smallest absolute Gasteiger partial charge is 0.415 e. The second-order valence-electron chi connectivity index (χ2n) is 7.89. The highest BCUT2D eigenvalue weighted by Gasteiger charge is 2.44. The Morgan fingerprint density at radius 1 is 1.19 bits per heavy atom. The highest BCUT2D eigenvalue weighted by atomic mass is 19.4. The Morgan fingerprint density at radius 2 is 1.94 bits per heavy atom. The zero-order chi connectivity index (χ0) is 22.2. The number of benzene rings is 1. The fraction of sp³-hybridized carbons (Fsp3) is 0.409. The van der Waals surface area contributed by atoms with Gasteiger partial charge in [-0.3, -0.25) is 4.79 Å². The van der Waals surface area contributed by atoms with Gasteiger partial charge in [-0.05, 0) is 51.0 Å². The third-order valence-electron chi connectivity index (χ3n) is 5.62. The molecule has 164 valence electrons. The molecule has 4 rings (SSSR count). The van der Waals surface area contributed by atoms with Gasteiger partial charge in [0.2, 0.25) is 11.9 Å². The molecule has 0 aliphatic carbocycles. The summed E-state index contributed by atoms with van der Waals surface area (Å²) in [5.74, 6) is -0.880. The second kappa shape index (κ2) is 8.20. The Balaban J connectivity index is 1.43. The summed E-state index contributed by atoms with van der Waals surface area (Å²) in [4.78, 5) is 23.8.